The number of nitrogens with one attached hydrogen (secondary N) is 1. The predicted octanol–water partition coefficient (Wildman–Crippen LogP) is 0.196. The number of halogens is 3. The van der Waals surface area contributed by atoms with Crippen molar-refractivity contribution in [2.45, 2.75) is 19.6 Å². The number of carboxylic acids is 1. The van der Waals surface area contributed by atoms with Crippen LogP contribution in [-0.4, -0.2) is 62.5 Å². The molecule has 0 radical (unpaired) electrons. The first kappa shape index (κ1) is 21.2. The minimum absolute atomic E-state index is 0.0909. The molecule has 1 aliphatic rings. The van der Waals surface area contributed by atoms with Gasteiger partial charge in [-0.1, -0.05) is 5.92 Å². The van der Waals surface area contributed by atoms with E-state index in [2.05, 4.69) is 32.0 Å². The van der Waals surface area contributed by atoms with Crippen molar-refractivity contribution >= 4 is 23.1 Å². The molecule has 0 bridgehead atoms. The average molecular weight is 400 g/mol. The average Bonchev–Trinajstić information content (AvgIpc) is 3.02. The van der Waals surface area contributed by atoms with Crippen molar-refractivity contribution in [2.24, 2.45) is 7.05 Å². The summed E-state index contributed by atoms with van der Waals surface area (Å²) in [4.78, 5) is 32.3. The molecule has 12 heteroatoms. The van der Waals surface area contributed by atoms with Crippen LogP contribution in [0.1, 0.15) is 6.92 Å². The number of carbonyl (C=O) groups is 1. The molecule has 0 spiro atoms. The minimum Gasteiger partial charge on any atom is -0.475 e. The quantitative estimate of drug-likeness (QED) is 0.694. The van der Waals surface area contributed by atoms with Gasteiger partial charge in [-0.25, -0.2) is 9.78 Å². The highest BCUT2D eigenvalue weighted by atomic mass is 19.4. The largest absolute Gasteiger partial charge is 0.490 e. The van der Waals surface area contributed by atoms with Crippen molar-refractivity contribution in [1.82, 2.24) is 24.4 Å². The summed E-state index contributed by atoms with van der Waals surface area (Å²) >= 11 is 0. The van der Waals surface area contributed by atoms with Crippen LogP contribution in [0.15, 0.2) is 11.1 Å². The zero-order valence-electron chi connectivity index (χ0n) is 15.2. The monoisotopic (exact) mass is 400 g/mol. The molecule has 3 heterocycles. The van der Waals surface area contributed by atoms with Gasteiger partial charge in [0.2, 0.25) is 5.95 Å². The molecule has 2 aromatic heterocycles. The summed E-state index contributed by atoms with van der Waals surface area (Å²) in [6.07, 6.45) is -3.57. The van der Waals surface area contributed by atoms with Gasteiger partial charge in [0.25, 0.3) is 5.56 Å². The Kier molecular flexibility index (Phi) is 6.63. The number of aryl methyl sites for hydroxylation is 1. The number of hydrogen-bond donors (Lipinski definition) is 2. The van der Waals surface area contributed by atoms with Crippen molar-refractivity contribution in [1.29, 1.82) is 0 Å². The zero-order chi connectivity index (χ0) is 20.9. The van der Waals surface area contributed by atoms with Gasteiger partial charge in [-0.2, -0.15) is 18.2 Å². The molecule has 2 N–H and O–H groups in total. The maximum absolute atomic E-state index is 12.4. The molecule has 0 unspecified atom stereocenters. The van der Waals surface area contributed by atoms with Gasteiger partial charge in [0.05, 0.1) is 12.9 Å². The summed E-state index contributed by atoms with van der Waals surface area (Å²) in [6.45, 7) is 5.79. The lowest BCUT2D eigenvalue weighted by atomic mass is 10.4. The molecule has 0 atom stereocenters. The molecule has 28 heavy (non-hydrogen) atoms. The molecule has 152 valence electrons. The third kappa shape index (κ3) is 4.80. The number of nitrogens with zero attached hydrogens (tertiary/aromatic N) is 5. The molecule has 1 saturated heterocycles. The third-order valence-electron chi connectivity index (χ3n) is 3.86. The van der Waals surface area contributed by atoms with Gasteiger partial charge in [0, 0.05) is 33.2 Å². The molecule has 0 aromatic carbocycles. The van der Waals surface area contributed by atoms with E-state index in [1.165, 1.54) is 10.9 Å². The number of alkyl halides is 3. The van der Waals surface area contributed by atoms with Crippen LogP contribution in [0, 0.1) is 11.8 Å². The van der Waals surface area contributed by atoms with E-state index in [9.17, 15) is 18.0 Å². The molecular formula is C16H19F3N6O3. The van der Waals surface area contributed by atoms with Gasteiger partial charge < -0.3 is 19.9 Å². The second-order valence-corrected chi connectivity index (χ2v) is 5.80. The van der Waals surface area contributed by atoms with Crippen LogP contribution >= 0.6 is 0 Å². The van der Waals surface area contributed by atoms with Crippen molar-refractivity contribution in [3.8, 4) is 11.8 Å². The summed E-state index contributed by atoms with van der Waals surface area (Å²) in [5.41, 5.74) is 0.924. The first-order chi connectivity index (χ1) is 13.2. The maximum atomic E-state index is 12.4. The second kappa shape index (κ2) is 8.75. The molecule has 2 aromatic rings. The number of rotatable bonds is 2. The van der Waals surface area contributed by atoms with Crippen LogP contribution in [-0.2, 0) is 18.4 Å². The fraction of sp³-hybridized carbons (Fsp3) is 0.500. The van der Waals surface area contributed by atoms with Crippen molar-refractivity contribution < 1.29 is 23.1 Å². The van der Waals surface area contributed by atoms with Crippen LogP contribution in [0.4, 0.5) is 19.1 Å². The Labute approximate surface area is 157 Å². The van der Waals surface area contributed by atoms with Crippen LogP contribution < -0.4 is 15.8 Å². The highest BCUT2D eigenvalue weighted by molar-refractivity contribution is 5.74. The van der Waals surface area contributed by atoms with Crippen LogP contribution in [0.25, 0.3) is 11.2 Å². The molecule has 0 saturated carbocycles. The number of anilines is 1. The first-order valence-corrected chi connectivity index (χ1v) is 8.24. The van der Waals surface area contributed by atoms with E-state index in [0.29, 0.717) is 17.7 Å². The molecule has 0 aliphatic carbocycles. The lowest BCUT2D eigenvalue weighted by molar-refractivity contribution is -0.192. The van der Waals surface area contributed by atoms with Gasteiger partial charge in [-0.15, -0.1) is 5.92 Å². The van der Waals surface area contributed by atoms with Crippen LogP contribution in [0.2, 0.25) is 0 Å². The van der Waals surface area contributed by atoms with E-state index >= 15 is 0 Å². The maximum Gasteiger partial charge on any atom is 0.490 e. The number of aromatic nitrogens is 4. The van der Waals surface area contributed by atoms with E-state index in [-0.39, 0.29) is 5.56 Å². The fourth-order valence-corrected chi connectivity index (χ4v) is 2.50. The molecule has 3 rings (SSSR count). The minimum atomic E-state index is -5.08. The molecule has 1 fully saturated rings. The Balaban J connectivity index is 0.000000345. The zero-order valence-corrected chi connectivity index (χ0v) is 15.2. The number of piperazine rings is 1. The molecule has 1 aliphatic heterocycles. The van der Waals surface area contributed by atoms with Gasteiger partial charge >= 0.3 is 12.1 Å². The van der Waals surface area contributed by atoms with E-state index in [1.54, 1.807) is 14.0 Å². The topological polar surface area (TPSA) is 105 Å². The summed E-state index contributed by atoms with van der Waals surface area (Å²) in [6, 6.07) is 0. The SMILES string of the molecule is CC#CCn1c(N2CCNCC2)nc2ncn(C)c(=O)c21.O=C(O)C(F)(F)F. The number of hydrogen-bond acceptors (Lipinski definition) is 6. The summed E-state index contributed by atoms with van der Waals surface area (Å²) in [5, 5.41) is 10.4. The smallest absolute Gasteiger partial charge is 0.475 e. The number of aliphatic carboxylic acids is 1. The Bertz CT molecular complexity index is 964. The fourth-order valence-electron chi connectivity index (χ4n) is 2.50. The van der Waals surface area contributed by atoms with Crippen LogP contribution in [0.3, 0.4) is 0 Å². The normalized spacial score (nSPS) is 14.1. The Morgan fingerprint density at radius 2 is 1.96 bits per heavy atom. The van der Waals surface area contributed by atoms with E-state index in [0.717, 1.165) is 32.1 Å². The Morgan fingerprint density at radius 3 is 2.50 bits per heavy atom. The molecule has 9 nitrogen and oxygen atoms in total. The van der Waals surface area contributed by atoms with E-state index < -0.39 is 12.1 Å². The van der Waals surface area contributed by atoms with E-state index in [1.807, 2.05) is 4.57 Å². The highest BCUT2D eigenvalue weighted by Crippen LogP contribution is 2.19. The standard InChI is InChI=1S/C14H18N6O.C2HF3O2/c1-3-4-7-20-11-12(16-10-18(2)13(11)21)17-14(20)19-8-5-15-6-9-19;3-2(4,5)1(6)7/h10,15H,5-9H2,1-2H3;(H,6,7). The predicted molar refractivity (Wildman–Crippen MR) is 95.0 cm³/mol. The van der Waals surface area contributed by atoms with Crippen LogP contribution in [0.5, 0.6) is 0 Å². The Hall–Kier alpha value is -3.07. The lowest BCUT2D eigenvalue weighted by Crippen LogP contribution is -2.44. The van der Waals surface area contributed by atoms with E-state index in [4.69, 9.17) is 9.90 Å². The third-order valence-corrected chi connectivity index (χ3v) is 3.86. The lowest BCUT2D eigenvalue weighted by Gasteiger charge is -2.28. The van der Waals surface area contributed by atoms with Crippen molar-refractivity contribution in [3.05, 3.63) is 16.7 Å². The summed E-state index contributed by atoms with van der Waals surface area (Å²) in [5.74, 6) is 3.93. The second-order valence-electron chi connectivity index (χ2n) is 5.80. The number of carboxylic acid groups (broad SMARTS) is 1. The van der Waals surface area contributed by atoms with Crippen molar-refractivity contribution in [3.63, 3.8) is 0 Å². The number of fused-ring (bicyclic) bond motifs is 1. The molecule has 0 amide bonds. The first-order valence-electron chi connectivity index (χ1n) is 8.24. The molecular weight excluding hydrogens is 381 g/mol. The van der Waals surface area contributed by atoms with Gasteiger partial charge in [0.1, 0.15) is 0 Å². The van der Waals surface area contributed by atoms with Gasteiger partial charge in [-0.05, 0) is 6.92 Å². The summed E-state index contributed by atoms with van der Waals surface area (Å²) < 4.78 is 35.1. The highest BCUT2D eigenvalue weighted by Gasteiger charge is 2.38. The summed E-state index contributed by atoms with van der Waals surface area (Å²) in [7, 11) is 1.70. The van der Waals surface area contributed by atoms with Crippen molar-refractivity contribution in [2.75, 3.05) is 31.1 Å². The number of imidazole rings is 1. The van der Waals surface area contributed by atoms with Gasteiger partial charge in [0.15, 0.2) is 11.2 Å². The van der Waals surface area contributed by atoms with Gasteiger partial charge in [-0.3, -0.25) is 9.36 Å². The Morgan fingerprint density at radius 1 is 1.36 bits per heavy atom.